The molecule has 0 saturated carbocycles. The SMILES string of the molecule is CCN(CC)C(=O)[C@H](NC(=O)c1ccc(OC)cc1)C1CCN(C(=O)c2ccc3c(c2)OCO3)CC1. The molecule has 1 saturated heterocycles. The molecule has 0 spiro atoms. The molecular formula is C27H33N3O6. The van der Waals surface area contributed by atoms with E-state index in [1.807, 2.05) is 13.8 Å². The van der Waals surface area contributed by atoms with Crippen LogP contribution in [0.25, 0.3) is 0 Å². The molecule has 4 rings (SSSR count). The maximum absolute atomic E-state index is 13.4. The van der Waals surface area contributed by atoms with Crippen LogP contribution in [0.3, 0.4) is 0 Å². The number of likely N-dealkylation sites (tertiary alicyclic amines) is 1. The van der Waals surface area contributed by atoms with Gasteiger partial charge >= 0.3 is 0 Å². The number of benzene rings is 2. The second kappa shape index (κ2) is 11.3. The van der Waals surface area contributed by atoms with Gasteiger partial charge in [-0.05, 0) is 75.1 Å². The van der Waals surface area contributed by atoms with E-state index >= 15 is 0 Å². The van der Waals surface area contributed by atoms with Crippen LogP contribution in [-0.2, 0) is 4.79 Å². The number of nitrogens with one attached hydrogen (secondary N) is 1. The Morgan fingerprint density at radius 1 is 1.00 bits per heavy atom. The molecule has 0 bridgehead atoms. The van der Waals surface area contributed by atoms with E-state index in [1.54, 1.807) is 59.4 Å². The Labute approximate surface area is 211 Å². The molecule has 2 aromatic rings. The molecule has 1 fully saturated rings. The predicted molar refractivity (Wildman–Crippen MR) is 133 cm³/mol. The fourth-order valence-electron chi connectivity index (χ4n) is 4.73. The highest BCUT2D eigenvalue weighted by atomic mass is 16.7. The Balaban J connectivity index is 1.45. The van der Waals surface area contributed by atoms with Crippen molar-refractivity contribution in [3.63, 3.8) is 0 Å². The minimum Gasteiger partial charge on any atom is -0.497 e. The molecule has 2 heterocycles. The summed E-state index contributed by atoms with van der Waals surface area (Å²) in [5.41, 5.74) is 1.00. The molecule has 36 heavy (non-hydrogen) atoms. The Hall–Kier alpha value is -3.75. The number of hydrogen-bond donors (Lipinski definition) is 1. The largest absolute Gasteiger partial charge is 0.497 e. The van der Waals surface area contributed by atoms with Crippen LogP contribution >= 0.6 is 0 Å². The highest BCUT2D eigenvalue weighted by molar-refractivity contribution is 5.98. The first-order chi connectivity index (χ1) is 17.4. The molecule has 2 aliphatic heterocycles. The van der Waals surface area contributed by atoms with E-state index in [0.29, 0.717) is 67.4 Å². The molecule has 192 valence electrons. The van der Waals surface area contributed by atoms with E-state index in [9.17, 15) is 14.4 Å². The zero-order valence-electron chi connectivity index (χ0n) is 21.0. The molecule has 0 aliphatic carbocycles. The van der Waals surface area contributed by atoms with Crippen molar-refractivity contribution in [1.82, 2.24) is 15.1 Å². The van der Waals surface area contributed by atoms with Gasteiger partial charge in [-0.3, -0.25) is 14.4 Å². The van der Waals surface area contributed by atoms with Crippen LogP contribution in [0.4, 0.5) is 0 Å². The highest BCUT2D eigenvalue weighted by Gasteiger charge is 2.36. The lowest BCUT2D eigenvalue weighted by Crippen LogP contribution is -2.54. The number of rotatable bonds is 8. The lowest BCUT2D eigenvalue weighted by molar-refractivity contribution is -0.134. The van der Waals surface area contributed by atoms with E-state index in [0.717, 1.165) is 0 Å². The van der Waals surface area contributed by atoms with Crippen LogP contribution in [-0.4, -0.2) is 73.6 Å². The van der Waals surface area contributed by atoms with Gasteiger partial charge in [0, 0.05) is 37.3 Å². The summed E-state index contributed by atoms with van der Waals surface area (Å²) < 4.78 is 15.9. The third-order valence-electron chi connectivity index (χ3n) is 6.90. The summed E-state index contributed by atoms with van der Waals surface area (Å²) in [5, 5.41) is 2.99. The summed E-state index contributed by atoms with van der Waals surface area (Å²) in [6.45, 7) is 6.13. The normalized spacial score (nSPS) is 15.8. The van der Waals surface area contributed by atoms with E-state index in [1.165, 1.54) is 0 Å². The topological polar surface area (TPSA) is 97.4 Å². The van der Waals surface area contributed by atoms with Gasteiger partial charge in [0.15, 0.2) is 11.5 Å². The Morgan fingerprint density at radius 3 is 2.28 bits per heavy atom. The Bertz CT molecular complexity index is 1090. The molecule has 0 aromatic heterocycles. The van der Waals surface area contributed by atoms with Crippen molar-refractivity contribution in [2.75, 3.05) is 40.1 Å². The molecule has 9 heteroatoms. The number of fused-ring (bicyclic) bond motifs is 1. The second-order valence-corrected chi connectivity index (χ2v) is 8.89. The Kier molecular flexibility index (Phi) is 7.97. The molecule has 3 amide bonds. The van der Waals surface area contributed by atoms with Gasteiger partial charge in [-0.25, -0.2) is 0 Å². The van der Waals surface area contributed by atoms with Crippen molar-refractivity contribution >= 4 is 17.7 Å². The zero-order chi connectivity index (χ0) is 25.7. The minimum atomic E-state index is -0.665. The minimum absolute atomic E-state index is 0.0823. The molecule has 0 unspecified atom stereocenters. The van der Waals surface area contributed by atoms with Gasteiger partial charge in [0.05, 0.1) is 7.11 Å². The molecule has 1 atom stereocenters. The quantitative estimate of drug-likeness (QED) is 0.605. The number of piperidine rings is 1. The van der Waals surface area contributed by atoms with Crippen molar-refractivity contribution in [2.24, 2.45) is 5.92 Å². The number of likely N-dealkylation sites (N-methyl/N-ethyl adjacent to an activating group) is 1. The molecule has 2 aromatic carbocycles. The van der Waals surface area contributed by atoms with Crippen LogP contribution in [0, 0.1) is 5.92 Å². The first kappa shape index (κ1) is 25.3. The van der Waals surface area contributed by atoms with Crippen molar-refractivity contribution in [2.45, 2.75) is 32.7 Å². The zero-order valence-corrected chi connectivity index (χ0v) is 21.0. The smallest absolute Gasteiger partial charge is 0.253 e. The summed E-state index contributed by atoms with van der Waals surface area (Å²) in [6, 6.07) is 11.3. The maximum atomic E-state index is 13.4. The number of ether oxygens (including phenoxy) is 3. The molecule has 9 nitrogen and oxygen atoms in total. The number of carbonyl (C=O) groups excluding carboxylic acids is 3. The van der Waals surface area contributed by atoms with Gasteiger partial charge in [0.25, 0.3) is 11.8 Å². The summed E-state index contributed by atoms with van der Waals surface area (Å²) >= 11 is 0. The number of amides is 3. The monoisotopic (exact) mass is 495 g/mol. The average Bonchev–Trinajstić information content (AvgIpc) is 3.40. The predicted octanol–water partition coefficient (Wildman–Crippen LogP) is 2.94. The summed E-state index contributed by atoms with van der Waals surface area (Å²) in [7, 11) is 1.57. The lowest BCUT2D eigenvalue weighted by atomic mass is 9.87. The van der Waals surface area contributed by atoms with Crippen molar-refractivity contribution in [3.8, 4) is 17.2 Å². The summed E-state index contributed by atoms with van der Waals surface area (Å²) in [6.07, 6.45) is 1.22. The molecule has 2 aliphatic rings. The van der Waals surface area contributed by atoms with Gasteiger partial charge < -0.3 is 29.3 Å². The van der Waals surface area contributed by atoms with Crippen LogP contribution in [0.2, 0.25) is 0 Å². The van der Waals surface area contributed by atoms with Crippen molar-refractivity contribution < 1.29 is 28.6 Å². The lowest BCUT2D eigenvalue weighted by Gasteiger charge is -2.37. The van der Waals surface area contributed by atoms with E-state index < -0.39 is 6.04 Å². The first-order valence-corrected chi connectivity index (χ1v) is 12.4. The van der Waals surface area contributed by atoms with Gasteiger partial charge in [-0.1, -0.05) is 0 Å². The third-order valence-corrected chi connectivity index (χ3v) is 6.90. The van der Waals surface area contributed by atoms with Gasteiger partial charge in [0.1, 0.15) is 11.8 Å². The van der Waals surface area contributed by atoms with E-state index in [4.69, 9.17) is 14.2 Å². The van der Waals surface area contributed by atoms with Gasteiger partial charge in [-0.2, -0.15) is 0 Å². The fraction of sp³-hybridized carbons (Fsp3) is 0.444. The van der Waals surface area contributed by atoms with Crippen LogP contribution in [0.5, 0.6) is 17.2 Å². The summed E-state index contributed by atoms with van der Waals surface area (Å²) in [5.74, 6) is 1.30. The highest BCUT2D eigenvalue weighted by Crippen LogP contribution is 2.33. The number of methoxy groups -OCH3 is 1. The van der Waals surface area contributed by atoms with E-state index in [-0.39, 0.29) is 30.4 Å². The average molecular weight is 496 g/mol. The standard InChI is InChI=1S/C27H33N3O6/c1-4-29(5-2)27(33)24(28-25(31)19-6-9-21(34-3)10-7-19)18-12-14-30(15-13-18)26(32)20-8-11-22-23(16-20)36-17-35-22/h6-11,16,18,24H,4-5,12-15,17H2,1-3H3,(H,28,31)/t24-/m1/s1. The van der Waals surface area contributed by atoms with E-state index in [2.05, 4.69) is 5.32 Å². The third kappa shape index (κ3) is 5.40. The van der Waals surface area contributed by atoms with Crippen LogP contribution < -0.4 is 19.5 Å². The number of hydrogen-bond acceptors (Lipinski definition) is 6. The molecule has 0 radical (unpaired) electrons. The van der Waals surface area contributed by atoms with Crippen molar-refractivity contribution in [1.29, 1.82) is 0 Å². The summed E-state index contributed by atoms with van der Waals surface area (Å²) in [4.78, 5) is 43.1. The van der Waals surface area contributed by atoms with Crippen molar-refractivity contribution in [3.05, 3.63) is 53.6 Å². The van der Waals surface area contributed by atoms with Crippen LogP contribution in [0.15, 0.2) is 42.5 Å². The first-order valence-electron chi connectivity index (χ1n) is 12.4. The fourth-order valence-corrected chi connectivity index (χ4v) is 4.73. The number of nitrogens with zero attached hydrogens (tertiary/aromatic N) is 2. The van der Waals surface area contributed by atoms with Crippen LogP contribution in [0.1, 0.15) is 47.4 Å². The second-order valence-electron chi connectivity index (χ2n) is 8.89. The van der Waals surface area contributed by atoms with Gasteiger partial charge in [0.2, 0.25) is 12.7 Å². The number of carbonyl (C=O) groups is 3. The van der Waals surface area contributed by atoms with Gasteiger partial charge in [-0.15, -0.1) is 0 Å². The molecular weight excluding hydrogens is 462 g/mol. The molecule has 1 N–H and O–H groups in total. The maximum Gasteiger partial charge on any atom is 0.253 e. The Morgan fingerprint density at radius 2 is 1.64 bits per heavy atom.